The monoisotopic (exact) mass is 436 g/mol. The van der Waals surface area contributed by atoms with Gasteiger partial charge in [-0.05, 0) is 37.8 Å². The van der Waals surface area contributed by atoms with E-state index in [1.54, 1.807) is 4.90 Å². The van der Waals surface area contributed by atoms with Crippen LogP contribution >= 0.6 is 0 Å². The topological polar surface area (TPSA) is 84.0 Å². The lowest BCUT2D eigenvalue weighted by molar-refractivity contribution is -0.143. The molecule has 1 aromatic carbocycles. The molecule has 3 rings (SSSR count). The highest BCUT2D eigenvalue weighted by Crippen LogP contribution is 2.25. The number of piperidine rings is 1. The molecule has 0 aromatic heterocycles. The predicted octanol–water partition coefficient (Wildman–Crippen LogP) is 2.12. The largest absolute Gasteiger partial charge is 0.484 e. The molecule has 1 aromatic rings. The van der Waals surface area contributed by atoms with Gasteiger partial charge in [0, 0.05) is 31.6 Å². The fourth-order valence-corrected chi connectivity index (χ4v) is 5.92. The van der Waals surface area contributed by atoms with Crippen LogP contribution in [0, 0.1) is 5.92 Å². The van der Waals surface area contributed by atoms with Crippen molar-refractivity contribution in [1.82, 2.24) is 9.80 Å². The Morgan fingerprint density at radius 3 is 2.43 bits per heavy atom. The number of ether oxygens (including phenoxy) is 1. The van der Waals surface area contributed by atoms with Gasteiger partial charge in [-0.3, -0.25) is 9.59 Å². The van der Waals surface area contributed by atoms with Crippen LogP contribution in [0.3, 0.4) is 0 Å². The van der Waals surface area contributed by atoms with Crippen molar-refractivity contribution in [3.05, 3.63) is 30.3 Å². The van der Waals surface area contributed by atoms with Gasteiger partial charge in [-0.15, -0.1) is 0 Å². The summed E-state index contributed by atoms with van der Waals surface area (Å²) < 4.78 is 29.4. The molecule has 0 N–H and O–H groups in total. The third kappa shape index (κ3) is 5.97. The van der Waals surface area contributed by atoms with E-state index in [0.29, 0.717) is 44.6 Å². The van der Waals surface area contributed by atoms with Crippen molar-refractivity contribution in [1.29, 1.82) is 0 Å². The first-order chi connectivity index (χ1) is 14.4. The van der Waals surface area contributed by atoms with Crippen molar-refractivity contribution in [3.8, 4) is 5.75 Å². The van der Waals surface area contributed by atoms with Gasteiger partial charge in [0.2, 0.25) is 5.91 Å². The van der Waals surface area contributed by atoms with Crippen LogP contribution < -0.4 is 4.74 Å². The second-order valence-electron chi connectivity index (χ2n) is 8.20. The number of unbranched alkanes of at least 4 members (excludes halogenated alkanes) is 1. The highest BCUT2D eigenvalue weighted by molar-refractivity contribution is 7.91. The van der Waals surface area contributed by atoms with E-state index in [1.165, 1.54) is 0 Å². The van der Waals surface area contributed by atoms with Crippen LogP contribution in [-0.2, 0) is 19.4 Å². The normalized spacial score (nSPS) is 21.4. The fourth-order valence-electron chi connectivity index (χ4n) is 4.19. The molecule has 7 nitrogen and oxygen atoms in total. The number of amides is 2. The van der Waals surface area contributed by atoms with Gasteiger partial charge in [0.05, 0.1) is 11.5 Å². The van der Waals surface area contributed by atoms with Crippen LogP contribution in [0.5, 0.6) is 5.75 Å². The molecule has 30 heavy (non-hydrogen) atoms. The Morgan fingerprint density at radius 1 is 1.13 bits per heavy atom. The smallest absolute Gasteiger partial charge is 0.260 e. The number of rotatable bonds is 8. The maximum atomic E-state index is 13.2. The Morgan fingerprint density at radius 2 is 1.83 bits per heavy atom. The summed E-state index contributed by atoms with van der Waals surface area (Å²) in [4.78, 5) is 29.2. The maximum Gasteiger partial charge on any atom is 0.260 e. The molecule has 2 heterocycles. The maximum absolute atomic E-state index is 13.2. The standard InChI is InChI=1S/C22H32N2O5S/c1-2-3-12-24(19-11-15-30(27,28)17-19)22(26)18-9-13-23(14-10-18)21(25)16-29-20-7-5-4-6-8-20/h4-8,18-19H,2-3,9-17H2,1H3. The number of benzene rings is 1. The minimum atomic E-state index is -3.04. The van der Waals surface area contributed by atoms with Crippen molar-refractivity contribution in [2.45, 2.75) is 45.1 Å². The molecule has 2 aliphatic rings. The van der Waals surface area contributed by atoms with Gasteiger partial charge in [0.25, 0.3) is 5.91 Å². The molecule has 8 heteroatoms. The SMILES string of the molecule is CCCCN(C(=O)C1CCN(C(=O)COc2ccccc2)CC1)C1CCS(=O)(=O)C1. The first-order valence-electron chi connectivity index (χ1n) is 10.9. The molecule has 0 saturated carbocycles. The molecule has 0 radical (unpaired) electrons. The van der Waals surface area contributed by atoms with Gasteiger partial charge in [0.1, 0.15) is 5.75 Å². The van der Waals surface area contributed by atoms with Crippen molar-refractivity contribution in [2.75, 3.05) is 37.7 Å². The Bertz CT molecular complexity index is 819. The summed E-state index contributed by atoms with van der Waals surface area (Å²) in [7, 11) is -3.04. The molecule has 0 spiro atoms. The van der Waals surface area contributed by atoms with Crippen LogP contribution in [0.25, 0.3) is 0 Å². The predicted molar refractivity (Wildman–Crippen MR) is 115 cm³/mol. The van der Waals surface area contributed by atoms with E-state index in [1.807, 2.05) is 35.2 Å². The van der Waals surface area contributed by atoms with E-state index in [-0.39, 0.29) is 41.9 Å². The van der Waals surface area contributed by atoms with E-state index in [9.17, 15) is 18.0 Å². The van der Waals surface area contributed by atoms with E-state index in [4.69, 9.17) is 4.74 Å². The number of carbonyl (C=O) groups is 2. The summed E-state index contributed by atoms with van der Waals surface area (Å²) in [5.74, 6) is 0.740. The lowest BCUT2D eigenvalue weighted by Gasteiger charge is -2.36. The zero-order valence-electron chi connectivity index (χ0n) is 17.7. The zero-order valence-corrected chi connectivity index (χ0v) is 18.5. The Hall–Kier alpha value is -2.09. The van der Waals surface area contributed by atoms with Gasteiger partial charge in [-0.1, -0.05) is 31.5 Å². The third-order valence-corrected chi connectivity index (χ3v) is 7.74. The molecular weight excluding hydrogens is 404 g/mol. The average molecular weight is 437 g/mol. The van der Waals surface area contributed by atoms with Gasteiger partial charge >= 0.3 is 0 Å². The van der Waals surface area contributed by atoms with E-state index in [2.05, 4.69) is 6.92 Å². The fraction of sp³-hybridized carbons (Fsp3) is 0.636. The molecule has 2 saturated heterocycles. The Balaban J connectivity index is 1.51. The van der Waals surface area contributed by atoms with E-state index in [0.717, 1.165) is 12.8 Å². The number of likely N-dealkylation sites (tertiary alicyclic amines) is 1. The van der Waals surface area contributed by atoms with E-state index < -0.39 is 9.84 Å². The van der Waals surface area contributed by atoms with Crippen LogP contribution in [0.2, 0.25) is 0 Å². The molecule has 166 valence electrons. The van der Waals surface area contributed by atoms with Gasteiger partial charge < -0.3 is 14.5 Å². The highest BCUT2D eigenvalue weighted by atomic mass is 32.2. The van der Waals surface area contributed by atoms with Crippen LogP contribution in [-0.4, -0.2) is 73.8 Å². The number of nitrogens with zero attached hydrogens (tertiary/aromatic N) is 2. The number of sulfone groups is 1. The summed E-state index contributed by atoms with van der Waals surface area (Å²) in [6, 6.07) is 9.03. The van der Waals surface area contributed by atoms with Crippen molar-refractivity contribution < 1.29 is 22.7 Å². The Labute approximate surface area is 179 Å². The first kappa shape index (κ1) is 22.6. The van der Waals surface area contributed by atoms with Gasteiger partial charge in [0.15, 0.2) is 16.4 Å². The van der Waals surface area contributed by atoms with Crippen LogP contribution in [0.15, 0.2) is 30.3 Å². The average Bonchev–Trinajstić information content (AvgIpc) is 3.12. The number of carbonyl (C=O) groups excluding carboxylic acids is 2. The van der Waals surface area contributed by atoms with Gasteiger partial charge in [-0.25, -0.2) is 8.42 Å². The second kappa shape index (κ2) is 10.3. The Kier molecular flexibility index (Phi) is 7.75. The quantitative estimate of drug-likeness (QED) is 0.623. The molecule has 0 bridgehead atoms. The van der Waals surface area contributed by atoms with Crippen LogP contribution in [0.1, 0.15) is 39.0 Å². The molecule has 1 unspecified atom stereocenters. The molecule has 0 aliphatic carbocycles. The number of para-hydroxylation sites is 1. The molecule has 2 amide bonds. The summed E-state index contributed by atoms with van der Waals surface area (Å²) in [5, 5.41) is 0. The molecule has 2 fully saturated rings. The van der Waals surface area contributed by atoms with E-state index >= 15 is 0 Å². The first-order valence-corrected chi connectivity index (χ1v) is 12.7. The van der Waals surface area contributed by atoms with Crippen molar-refractivity contribution in [2.24, 2.45) is 5.92 Å². The van der Waals surface area contributed by atoms with Crippen LogP contribution in [0.4, 0.5) is 0 Å². The minimum Gasteiger partial charge on any atom is -0.484 e. The number of hydrogen-bond donors (Lipinski definition) is 0. The summed E-state index contributed by atoms with van der Waals surface area (Å²) >= 11 is 0. The molecular formula is C22H32N2O5S. The summed E-state index contributed by atoms with van der Waals surface area (Å²) in [6.45, 7) is 3.72. The van der Waals surface area contributed by atoms with Crippen molar-refractivity contribution in [3.63, 3.8) is 0 Å². The van der Waals surface area contributed by atoms with Crippen molar-refractivity contribution >= 4 is 21.7 Å². The molecule has 2 aliphatic heterocycles. The van der Waals surface area contributed by atoms with Gasteiger partial charge in [-0.2, -0.15) is 0 Å². The lowest BCUT2D eigenvalue weighted by Crippen LogP contribution is -2.49. The molecule has 1 atom stereocenters. The lowest BCUT2D eigenvalue weighted by atomic mass is 9.94. The summed E-state index contributed by atoms with van der Waals surface area (Å²) in [5.41, 5.74) is 0. The number of hydrogen-bond acceptors (Lipinski definition) is 5. The second-order valence-corrected chi connectivity index (χ2v) is 10.4. The minimum absolute atomic E-state index is 0.00875. The third-order valence-electron chi connectivity index (χ3n) is 5.99. The zero-order chi connectivity index (χ0) is 21.6. The highest BCUT2D eigenvalue weighted by Gasteiger charge is 2.37. The summed E-state index contributed by atoms with van der Waals surface area (Å²) in [6.07, 6.45) is 3.58.